The van der Waals surface area contributed by atoms with Crippen LogP contribution in [0.2, 0.25) is 0 Å². The van der Waals surface area contributed by atoms with Gasteiger partial charge in [-0.3, -0.25) is 4.79 Å². The van der Waals surface area contributed by atoms with E-state index >= 15 is 0 Å². The predicted octanol–water partition coefficient (Wildman–Crippen LogP) is 1.79. The molecule has 1 saturated carbocycles. The first kappa shape index (κ1) is 17.3. The fraction of sp³-hybridized carbons (Fsp3) is 0.800. The third-order valence-corrected chi connectivity index (χ3v) is 5.05. The predicted molar refractivity (Wildman–Crippen MR) is 86.9 cm³/mol. The second-order valence-electron chi connectivity index (χ2n) is 5.68. The molecule has 1 heterocycles. The summed E-state index contributed by atoms with van der Waals surface area (Å²) in [5.74, 6) is 2.19. The maximum absolute atomic E-state index is 12.1. The number of ether oxygens (including phenoxy) is 1. The van der Waals surface area contributed by atoms with Crippen molar-refractivity contribution in [1.82, 2.24) is 20.1 Å². The Labute approximate surface area is 136 Å². The Balaban J connectivity index is 1.73. The number of hydrogen-bond donors (Lipinski definition) is 1. The van der Waals surface area contributed by atoms with Crippen molar-refractivity contribution in [1.29, 1.82) is 0 Å². The molecular formula is C15H26N4O2S. The van der Waals surface area contributed by atoms with E-state index in [0.717, 1.165) is 29.6 Å². The van der Waals surface area contributed by atoms with Gasteiger partial charge >= 0.3 is 0 Å². The summed E-state index contributed by atoms with van der Waals surface area (Å²) in [6.07, 6.45) is 6.43. The lowest BCUT2D eigenvalue weighted by Crippen LogP contribution is -2.33. The Hall–Kier alpha value is -1.08. The first-order valence-corrected chi connectivity index (χ1v) is 8.98. The molecule has 0 radical (unpaired) electrons. The zero-order chi connectivity index (χ0) is 15.8. The zero-order valence-electron chi connectivity index (χ0n) is 13.5. The molecule has 7 heteroatoms. The maximum atomic E-state index is 12.1. The average Bonchev–Trinajstić information content (AvgIpc) is 2.89. The topological polar surface area (TPSA) is 69.0 Å². The molecular weight excluding hydrogens is 300 g/mol. The van der Waals surface area contributed by atoms with Gasteiger partial charge in [-0.25, -0.2) is 0 Å². The van der Waals surface area contributed by atoms with Crippen LogP contribution >= 0.6 is 11.8 Å². The first-order valence-electron chi connectivity index (χ1n) is 8.00. The summed E-state index contributed by atoms with van der Waals surface area (Å²) >= 11 is 1.63. The van der Waals surface area contributed by atoms with Crippen molar-refractivity contribution in [3.05, 3.63) is 5.82 Å². The molecule has 1 aromatic rings. The van der Waals surface area contributed by atoms with Gasteiger partial charge in [-0.1, -0.05) is 31.0 Å². The molecule has 124 valence electrons. The van der Waals surface area contributed by atoms with Crippen molar-refractivity contribution in [2.75, 3.05) is 26.0 Å². The van der Waals surface area contributed by atoms with Gasteiger partial charge in [0, 0.05) is 38.8 Å². The van der Waals surface area contributed by atoms with Crippen LogP contribution < -0.4 is 5.32 Å². The molecule has 1 fully saturated rings. The summed E-state index contributed by atoms with van der Waals surface area (Å²) < 4.78 is 7.03. The Kier molecular flexibility index (Phi) is 7.18. The van der Waals surface area contributed by atoms with E-state index in [9.17, 15) is 4.79 Å². The highest BCUT2D eigenvalue weighted by Gasteiger charge is 2.20. The lowest BCUT2D eigenvalue weighted by molar-refractivity contribution is -0.125. The van der Waals surface area contributed by atoms with Crippen LogP contribution in [0.3, 0.4) is 0 Å². The van der Waals surface area contributed by atoms with E-state index in [1.54, 1.807) is 18.9 Å². The third-order valence-electron chi connectivity index (χ3n) is 4.07. The molecule has 22 heavy (non-hydrogen) atoms. The van der Waals surface area contributed by atoms with Crippen molar-refractivity contribution < 1.29 is 9.53 Å². The monoisotopic (exact) mass is 326 g/mol. The van der Waals surface area contributed by atoms with E-state index < -0.39 is 0 Å². The largest absolute Gasteiger partial charge is 0.384 e. The van der Waals surface area contributed by atoms with Crippen molar-refractivity contribution in [2.45, 2.75) is 43.7 Å². The highest BCUT2D eigenvalue weighted by molar-refractivity contribution is 7.99. The van der Waals surface area contributed by atoms with Crippen LogP contribution in [-0.2, 0) is 23.0 Å². The van der Waals surface area contributed by atoms with E-state index in [0.29, 0.717) is 19.6 Å². The SMILES string of the molecule is COCCSc1nnc(CCNC(=O)C2CCCCC2)n1C. The molecule has 0 saturated heterocycles. The highest BCUT2D eigenvalue weighted by atomic mass is 32.2. The van der Waals surface area contributed by atoms with Crippen LogP contribution in [0, 0.1) is 5.92 Å². The number of amides is 1. The van der Waals surface area contributed by atoms with E-state index in [4.69, 9.17) is 4.74 Å². The second kappa shape index (κ2) is 9.15. The Morgan fingerprint density at radius 1 is 1.36 bits per heavy atom. The standard InChI is InChI=1S/C15H26N4O2S/c1-19-13(17-18-15(19)22-11-10-21-2)8-9-16-14(20)12-6-4-3-5-7-12/h12H,3-11H2,1-2H3,(H,16,20). The average molecular weight is 326 g/mol. The van der Waals surface area contributed by atoms with Crippen LogP contribution in [0.15, 0.2) is 5.16 Å². The molecule has 1 amide bonds. The summed E-state index contributed by atoms with van der Waals surface area (Å²) in [5.41, 5.74) is 0. The van der Waals surface area contributed by atoms with E-state index in [1.165, 1.54) is 19.3 Å². The number of rotatable bonds is 8. The molecule has 1 aromatic heterocycles. The minimum atomic E-state index is 0.205. The van der Waals surface area contributed by atoms with Crippen molar-refractivity contribution in [2.24, 2.45) is 13.0 Å². The van der Waals surface area contributed by atoms with Gasteiger partial charge < -0.3 is 14.6 Å². The third kappa shape index (κ3) is 4.98. The van der Waals surface area contributed by atoms with Crippen LogP contribution in [0.25, 0.3) is 0 Å². The minimum absolute atomic E-state index is 0.205. The molecule has 0 bridgehead atoms. The fourth-order valence-corrected chi connectivity index (χ4v) is 3.54. The van der Waals surface area contributed by atoms with Crippen LogP contribution in [-0.4, -0.2) is 46.7 Å². The van der Waals surface area contributed by atoms with Crippen molar-refractivity contribution in [3.63, 3.8) is 0 Å². The lowest BCUT2D eigenvalue weighted by atomic mass is 9.89. The number of hydrogen-bond acceptors (Lipinski definition) is 5. The highest BCUT2D eigenvalue weighted by Crippen LogP contribution is 2.23. The molecule has 6 nitrogen and oxygen atoms in total. The van der Waals surface area contributed by atoms with Gasteiger partial charge in [-0.05, 0) is 12.8 Å². The number of nitrogens with one attached hydrogen (secondary N) is 1. The Morgan fingerprint density at radius 3 is 2.86 bits per heavy atom. The van der Waals surface area contributed by atoms with E-state index in [-0.39, 0.29) is 11.8 Å². The number of nitrogens with zero attached hydrogens (tertiary/aromatic N) is 3. The molecule has 0 aliphatic heterocycles. The summed E-state index contributed by atoms with van der Waals surface area (Å²) in [4.78, 5) is 12.1. The molecule has 0 atom stereocenters. The van der Waals surface area contributed by atoms with Crippen LogP contribution in [0.4, 0.5) is 0 Å². The number of thioether (sulfide) groups is 1. The van der Waals surface area contributed by atoms with Crippen LogP contribution in [0.5, 0.6) is 0 Å². The van der Waals surface area contributed by atoms with Gasteiger partial charge in [0.25, 0.3) is 0 Å². The number of carbonyl (C=O) groups is 1. The summed E-state index contributed by atoms with van der Waals surface area (Å²) in [7, 11) is 3.66. The number of carbonyl (C=O) groups excluding carboxylic acids is 1. The lowest BCUT2D eigenvalue weighted by Gasteiger charge is -2.20. The smallest absolute Gasteiger partial charge is 0.223 e. The van der Waals surface area contributed by atoms with Crippen molar-refractivity contribution >= 4 is 17.7 Å². The Morgan fingerprint density at radius 2 is 2.14 bits per heavy atom. The molecule has 2 rings (SSSR count). The summed E-state index contributed by atoms with van der Waals surface area (Å²) in [5, 5.41) is 12.3. The quantitative estimate of drug-likeness (QED) is 0.583. The molecule has 0 unspecified atom stereocenters. The van der Waals surface area contributed by atoms with Gasteiger partial charge in [-0.15, -0.1) is 10.2 Å². The van der Waals surface area contributed by atoms with Gasteiger partial charge in [0.2, 0.25) is 5.91 Å². The van der Waals surface area contributed by atoms with Crippen LogP contribution in [0.1, 0.15) is 37.9 Å². The van der Waals surface area contributed by atoms with Gasteiger partial charge in [0.15, 0.2) is 5.16 Å². The maximum Gasteiger partial charge on any atom is 0.223 e. The number of aromatic nitrogens is 3. The zero-order valence-corrected chi connectivity index (χ0v) is 14.3. The molecule has 1 aliphatic rings. The first-order chi connectivity index (χ1) is 10.7. The second-order valence-corrected chi connectivity index (χ2v) is 6.74. The summed E-state index contributed by atoms with van der Waals surface area (Å²) in [6.45, 7) is 1.33. The van der Waals surface area contributed by atoms with Gasteiger partial charge in [0.05, 0.1) is 6.61 Å². The normalized spacial score (nSPS) is 15.9. The molecule has 0 aromatic carbocycles. The molecule has 0 spiro atoms. The fourth-order valence-electron chi connectivity index (χ4n) is 2.71. The van der Waals surface area contributed by atoms with E-state index in [1.807, 2.05) is 11.6 Å². The van der Waals surface area contributed by atoms with Gasteiger partial charge in [-0.2, -0.15) is 0 Å². The molecule has 1 aliphatic carbocycles. The molecule has 1 N–H and O–H groups in total. The number of methoxy groups -OCH3 is 1. The minimum Gasteiger partial charge on any atom is -0.384 e. The van der Waals surface area contributed by atoms with Gasteiger partial charge in [0.1, 0.15) is 5.82 Å². The Bertz CT molecular complexity index is 472. The van der Waals surface area contributed by atoms with Crippen molar-refractivity contribution in [3.8, 4) is 0 Å². The summed E-state index contributed by atoms with van der Waals surface area (Å²) in [6, 6.07) is 0. The van der Waals surface area contributed by atoms with E-state index in [2.05, 4.69) is 15.5 Å².